The normalized spacial score (nSPS) is 16.4. The van der Waals surface area contributed by atoms with Crippen LogP contribution in [0.25, 0.3) is 6.08 Å². The van der Waals surface area contributed by atoms with Crippen LogP contribution in [0.15, 0.2) is 47.1 Å². The van der Waals surface area contributed by atoms with Crippen LogP contribution >= 0.6 is 0 Å². The number of hydrogen-bond donors (Lipinski definition) is 0. The van der Waals surface area contributed by atoms with Crippen molar-refractivity contribution in [2.45, 2.75) is 6.61 Å². The monoisotopic (exact) mass is 389 g/mol. The summed E-state index contributed by atoms with van der Waals surface area (Å²) in [6, 6.07) is 9.37. The minimum Gasteiger partial charge on any atom is -0.493 e. The number of methoxy groups -OCH3 is 1. The van der Waals surface area contributed by atoms with Crippen molar-refractivity contribution in [2.75, 3.05) is 13.9 Å². The van der Waals surface area contributed by atoms with Gasteiger partial charge in [0.05, 0.1) is 7.11 Å². The number of halogens is 2. The van der Waals surface area contributed by atoms with Gasteiger partial charge < -0.3 is 23.7 Å². The maximum absolute atomic E-state index is 12.6. The molecule has 0 radical (unpaired) electrons. The number of ether oxygens (including phenoxy) is 5. The Morgan fingerprint density at radius 3 is 2.71 bits per heavy atom. The molecule has 0 bridgehead atoms. The van der Waals surface area contributed by atoms with E-state index in [-0.39, 0.29) is 29.9 Å². The van der Waals surface area contributed by atoms with Crippen LogP contribution in [-0.2, 0) is 9.53 Å². The summed E-state index contributed by atoms with van der Waals surface area (Å²) < 4.78 is 50.3. The van der Waals surface area contributed by atoms with Crippen LogP contribution in [0, 0.1) is 0 Å². The van der Waals surface area contributed by atoms with Gasteiger partial charge in [0.15, 0.2) is 28.7 Å². The second kappa shape index (κ2) is 7.18. The summed E-state index contributed by atoms with van der Waals surface area (Å²) in [6.45, 7) is -2.89. The highest BCUT2D eigenvalue weighted by molar-refractivity contribution is 6.13. The number of fused-ring (bicyclic) bond motifs is 1. The molecular weight excluding hydrogens is 376 g/mol. The third kappa shape index (κ3) is 3.46. The largest absolute Gasteiger partial charge is 0.493 e. The summed E-state index contributed by atoms with van der Waals surface area (Å²) in [7, 11) is 1.34. The van der Waals surface area contributed by atoms with E-state index in [2.05, 4.69) is 9.73 Å². The molecule has 0 spiro atoms. The standard InChI is InChI=1S/C19H13F2NO6/c1-24-13-4-2-10(7-16(13)27-19(20)21)6-12-18(23)28-17(22-12)11-3-5-14-15(8-11)26-9-25-14/h2-8,19H,9H2,1H3/b12-6-. The van der Waals surface area contributed by atoms with E-state index in [4.69, 9.17) is 18.9 Å². The second-order valence-corrected chi connectivity index (χ2v) is 5.69. The Labute approximate surface area is 157 Å². The van der Waals surface area contributed by atoms with Crippen molar-refractivity contribution in [1.29, 1.82) is 0 Å². The van der Waals surface area contributed by atoms with Gasteiger partial charge in [0.2, 0.25) is 12.7 Å². The molecular formula is C19H13F2NO6. The van der Waals surface area contributed by atoms with Crippen LogP contribution in [0.1, 0.15) is 11.1 Å². The van der Waals surface area contributed by atoms with Crippen molar-refractivity contribution in [3.05, 3.63) is 53.2 Å². The summed E-state index contributed by atoms with van der Waals surface area (Å²) in [5.41, 5.74) is 0.970. The zero-order valence-corrected chi connectivity index (χ0v) is 14.5. The lowest BCUT2D eigenvalue weighted by Gasteiger charge is -2.10. The van der Waals surface area contributed by atoms with Crippen molar-refractivity contribution in [3.8, 4) is 23.0 Å². The fourth-order valence-electron chi connectivity index (χ4n) is 2.69. The minimum atomic E-state index is -3.01. The Balaban J connectivity index is 1.63. The maximum atomic E-state index is 12.6. The number of hydrogen-bond acceptors (Lipinski definition) is 7. The van der Waals surface area contributed by atoms with Crippen molar-refractivity contribution in [3.63, 3.8) is 0 Å². The van der Waals surface area contributed by atoms with Gasteiger partial charge in [-0.15, -0.1) is 0 Å². The van der Waals surface area contributed by atoms with Crippen LogP contribution in [0.3, 0.4) is 0 Å². The first-order valence-electron chi connectivity index (χ1n) is 8.09. The van der Waals surface area contributed by atoms with Crippen LogP contribution < -0.4 is 18.9 Å². The molecule has 2 aromatic rings. The van der Waals surface area contributed by atoms with E-state index in [1.165, 1.54) is 25.3 Å². The van der Waals surface area contributed by atoms with E-state index in [1.54, 1.807) is 24.3 Å². The first kappa shape index (κ1) is 17.8. The van der Waals surface area contributed by atoms with Crippen LogP contribution in [0.5, 0.6) is 23.0 Å². The number of cyclic esters (lactones) is 1. The van der Waals surface area contributed by atoms with Gasteiger partial charge in [0.1, 0.15) is 0 Å². The summed E-state index contributed by atoms with van der Waals surface area (Å²) in [5.74, 6) is 0.540. The highest BCUT2D eigenvalue weighted by atomic mass is 19.3. The van der Waals surface area contributed by atoms with E-state index in [1.807, 2.05) is 0 Å². The minimum absolute atomic E-state index is 0.0147. The van der Waals surface area contributed by atoms with E-state index in [0.717, 1.165) is 0 Å². The number of alkyl halides is 2. The number of carbonyl (C=O) groups excluding carboxylic acids is 1. The predicted octanol–water partition coefficient (Wildman–Crippen LogP) is 3.37. The number of benzene rings is 2. The van der Waals surface area contributed by atoms with E-state index in [9.17, 15) is 13.6 Å². The fraction of sp³-hybridized carbons (Fsp3) is 0.158. The molecule has 2 aliphatic heterocycles. The first-order valence-corrected chi connectivity index (χ1v) is 8.09. The van der Waals surface area contributed by atoms with Crippen molar-refractivity contribution >= 4 is 17.9 Å². The second-order valence-electron chi connectivity index (χ2n) is 5.69. The van der Waals surface area contributed by atoms with Gasteiger partial charge in [-0.2, -0.15) is 8.78 Å². The van der Waals surface area contributed by atoms with Crippen LogP contribution in [-0.4, -0.2) is 32.4 Å². The Hall–Kier alpha value is -3.62. The van der Waals surface area contributed by atoms with Gasteiger partial charge in [-0.25, -0.2) is 9.79 Å². The SMILES string of the molecule is COc1ccc(/C=C2\N=C(c3ccc4c(c3)OCO4)OC2=O)cc1OC(F)F. The molecule has 0 saturated carbocycles. The summed E-state index contributed by atoms with van der Waals surface area (Å²) in [4.78, 5) is 16.3. The molecule has 0 N–H and O–H groups in total. The molecule has 2 heterocycles. The van der Waals surface area contributed by atoms with Crippen LogP contribution in [0.4, 0.5) is 8.78 Å². The number of nitrogens with zero attached hydrogens (tertiary/aromatic N) is 1. The smallest absolute Gasteiger partial charge is 0.387 e. The number of esters is 1. The average Bonchev–Trinajstić information content (AvgIpc) is 3.27. The Bertz CT molecular complexity index is 1000. The molecule has 0 amide bonds. The molecule has 0 aromatic heterocycles. The van der Waals surface area contributed by atoms with Gasteiger partial charge in [0, 0.05) is 5.56 Å². The predicted molar refractivity (Wildman–Crippen MR) is 92.8 cm³/mol. The summed E-state index contributed by atoms with van der Waals surface area (Å²) in [5, 5.41) is 0. The molecule has 0 fully saturated rings. The molecule has 0 atom stereocenters. The zero-order chi connectivity index (χ0) is 19.7. The quantitative estimate of drug-likeness (QED) is 0.577. The summed E-state index contributed by atoms with van der Waals surface area (Å²) >= 11 is 0. The van der Waals surface area contributed by atoms with E-state index in [0.29, 0.717) is 22.6 Å². The molecule has 28 heavy (non-hydrogen) atoms. The van der Waals surface area contributed by atoms with Gasteiger partial charge in [-0.3, -0.25) is 0 Å². The highest BCUT2D eigenvalue weighted by Gasteiger charge is 2.26. The number of aliphatic imine (C=N–C) groups is 1. The zero-order valence-electron chi connectivity index (χ0n) is 14.5. The van der Waals surface area contributed by atoms with Gasteiger partial charge >= 0.3 is 12.6 Å². The topological polar surface area (TPSA) is 75.6 Å². The lowest BCUT2D eigenvalue weighted by molar-refractivity contribution is -0.129. The molecule has 144 valence electrons. The highest BCUT2D eigenvalue weighted by Crippen LogP contribution is 2.34. The van der Waals surface area contributed by atoms with E-state index >= 15 is 0 Å². The number of rotatable bonds is 5. The van der Waals surface area contributed by atoms with Gasteiger partial charge in [-0.1, -0.05) is 6.07 Å². The molecule has 7 nitrogen and oxygen atoms in total. The number of carbonyl (C=O) groups is 1. The van der Waals surface area contributed by atoms with Crippen molar-refractivity contribution < 1.29 is 37.3 Å². The maximum Gasteiger partial charge on any atom is 0.387 e. The lowest BCUT2D eigenvalue weighted by Crippen LogP contribution is -2.05. The molecule has 9 heteroatoms. The molecule has 4 rings (SSSR count). The molecule has 2 aromatic carbocycles. The third-order valence-electron chi connectivity index (χ3n) is 3.95. The van der Waals surface area contributed by atoms with Gasteiger partial charge in [-0.05, 0) is 42.0 Å². The van der Waals surface area contributed by atoms with Gasteiger partial charge in [0.25, 0.3) is 0 Å². The average molecular weight is 389 g/mol. The fourth-order valence-corrected chi connectivity index (χ4v) is 2.69. The Morgan fingerprint density at radius 1 is 1.11 bits per heavy atom. The summed E-state index contributed by atoms with van der Waals surface area (Å²) in [6.07, 6.45) is 1.40. The third-order valence-corrected chi connectivity index (χ3v) is 3.95. The molecule has 2 aliphatic rings. The van der Waals surface area contributed by atoms with E-state index < -0.39 is 12.6 Å². The molecule has 0 aliphatic carbocycles. The van der Waals surface area contributed by atoms with Crippen LogP contribution in [0.2, 0.25) is 0 Å². The Morgan fingerprint density at radius 2 is 1.93 bits per heavy atom. The lowest BCUT2D eigenvalue weighted by atomic mass is 10.1. The Kier molecular flexibility index (Phi) is 4.56. The molecule has 0 unspecified atom stereocenters. The first-order chi connectivity index (χ1) is 13.5. The van der Waals surface area contributed by atoms with Crippen molar-refractivity contribution in [2.24, 2.45) is 4.99 Å². The van der Waals surface area contributed by atoms with Crippen molar-refractivity contribution in [1.82, 2.24) is 0 Å². The molecule has 0 saturated heterocycles.